The van der Waals surface area contributed by atoms with Gasteiger partial charge in [-0.25, -0.2) is 15.0 Å². The molecule has 0 amide bonds. The summed E-state index contributed by atoms with van der Waals surface area (Å²) in [6.45, 7) is 2.01. The average molecular weight is 567 g/mol. The quantitative estimate of drug-likeness (QED) is 0.203. The van der Waals surface area contributed by atoms with Gasteiger partial charge in [-0.3, -0.25) is 0 Å². The number of anilines is 1. The number of allylic oxidation sites excluding steroid dienone is 1. The van der Waals surface area contributed by atoms with Crippen LogP contribution >= 0.6 is 0 Å². The molecule has 0 radical (unpaired) electrons. The monoisotopic (exact) mass is 566 g/mol. The summed E-state index contributed by atoms with van der Waals surface area (Å²) in [5.74, 6) is 1.92. The molecule has 4 heteroatoms. The van der Waals surface area contributed by atoms with Crippen LogP contribution in [-0.2, 0) is 0 Å². The molecule has 0 fully saturated rings. The van der Waals surface area contributed by atoms with E-state index in [-0.39, 0.29) is 0 Å². The molecule has 0 bridgehead atoms. The largest absolute Gasteiger partial charge is 0.398 e. The summed E-state index contributed by atoms with van der Waals surface area (Å²) >= 11 is 0. The summed E-state index contributed by atoms with van der Waals surface area (Å²) in [5.41, 5.74) is 15.7. The van der Waals surface area contributed by atoms with Crippen LogP contribution in [0.15, 0.2) is 146 Å². The van der Waals surface area contributed by atoms with E-state index in [0.717, 1.165) is 55.6 Å². The molecule has 4 nitrogen and oxygen atoms in total. The van der Waals surface area contributed by atoms with Crippen molar-refractivity contribution in [3.8, 4) is 56.4 Å². The van der Waals surface area contributed by atoms with Gasteiger partial charge in [-0.05, 0) is 39.9 Å². The molecule has 7 rings (SSSR count). The van der Waals surface area contributed by atoms with Crippen molar-refractivity contribution in [1.82, 2.24) is 15.0 Å². The van der Waals surface area contributed by atoms with Gasteiger partial charge in [0, 0.05) is 27.9 Å². The van der Waals surface area contributed by atoms with Gasteiger partial charge < -0.3 is 5.73 Å². The Bertz CT molecular complexity index is 2060. The number of nitrogens with two attached hydrogens (primary N) is 1. The second-order valence-corrected chi connectivity index (χ2v) is 10.6. The first-order valence-corrected chi connectivity index (χ1v) is 14.7. The summed E-state index contributed by atoms with van der Waals surface area (Å²) in [6, 6.07) is 47.6. The lowest BCUT2D eigenvalue weighted by Gasteiger charge is -2.17. The maximum absolute atomic E-state index is 6.79. The van der Waals surface area contributed by atoms with Crippen molar-refractivity contribution in [2.24, 2.45) is 0 Å². The van der Waals surface area contributed by atoms with E-state index >= 15 is 0 Å². The molecule has 6 aromatic carbocycles. The van der Waals surface area contributed by atoms with Gasteiger partial charge in [0.2, 0.25) is 0 Å². The van der Waals surface area contributed by atoms with Gasteiger partial charge in [0.25, 0.3) is 0 Å². The molecule has 0 aliphatic heterocycles. The summed E-state index contributed by atoms with van der Waals surface area (Å²) in [6.07, 6.45) is 4.08. The number of nitrogens with zero attached hydrogens (tertiary/aromatic N) is 3. The highest BCUT2D eigenvalue weighted by atomic mass is 15.0. The zero-order valence-corrected chi connectivity index (χ0v) is 24.4. The minimum absolute atomic E-state index is 0.631. The highest BCUT2D eigenvalue weighted by Gasteiger charge is 2.17. The molecule has 7 aromatic rings. The van der Waals surface area contributed by atoms with Crippen LogP contribution in [0.4, 0.5) is 5.69 Å². The highest BCUT2D eigenvalue weighted by Crippen LogP contribution is 2.42. The Morgan fingerprint density at radius 3 is 1.64 bits per heavy atom. The first-order chi connectivity index (χ1) is 21.7. The summed E-state index contributed by atoms with van der Waals surface area (Å²) in [7, 11) is 0. The molecular weight excluding hydrogens is 536 g/mol. The topological polar surface area (TPSA) is 64.7 Å². The van der Waals surface area contributed by atoms with Crippen molar-refractivity contribution >= 4 is 22.5 Å². The van der Waals surface area contributed by atoms with Crippen LogP contribution in [0, 0.1) is 0 Å². The van der Waals surface area contributed by atoms with Gasteiger partial charge in [0.15, 0.2) is 17.5 Å². The molecule has 0 spiro atoms. The van der Waals surface area contributed by atoms with E-state index < -0.39 is 0 Å². The molecule has 0 unspecified atom stereocenters. The Morgan fingerprint density at radius 2 is 1.02 bits per heavy atom. The Hall–Kier alpha value is -5.87. The van der Waals surface area contributed by atoms with Gasteiger partial charge in [-0.1, -0.05) is 152 Å². The van der Waals surface area contributed by atoms with Crippen LogP contribution in [0.3, 0.4) is 0 Å². The van der Waals surface area contributed by atoms with Crippen LogP contribution in [0.5, 0.6) is 0 Å². The van der Waals surface area contributed by atoms with Crippen LogP contribution in [-0.4, -0.2) is 15.0 Å². The van der Waals surface area contributed by atoms with Crippen molar-refractivity contribution in [2.75, 3.05) is 5.73 Å². The van der Waals surface area contributed by atoms with E-state index in [1.165, 1.54) is 5.39 Å². The predicted molar refractivity (Wildman–Crippen MR) is 184 cm³/mol. The number of fused-ring (bicyclic) bond motifs is 1. The van der Waals surface area contributed by atoms with E-state index in [4.69, 9.17) is 20.7 Å². The average Bonchev–Trinajstić information content (AvgIpc) is 3.09. The Labute approximate surface area is 257 Å². The van der Waals surface area contributed by atoms with E-state index in [0.29, 0.717) is 17.5 Å². The Kier molecular flexibility index (Phi) is 7.23. The second-order valence-electron chi connectivity index (χ2n) is 10.6. The van der Waals surface area contributed by atoms with Crippen molar-refractivity contribution < 1.29 is 0 Å². The number of nitrogen functional groups attached to an aromatic ring is 1. The number of rotatable bonds is 6. The van der Waals surface area contributed by atoms with Gasteiger partial charge in [0.05, 0.1) is 0 Å². The van der Waals surface area contributed by atoms with Gasteiger partial charge >= 0.3 is 0 Å². The third-order valence-electron chi connectivity index (χ3n) is 7.84. The number of benzene rings is 6. The van der Waals surface area contributed by atoms with E-state index in [2.05, 4.69) is 84.9 Å². The normalized spacial score (nSPS) is 11.3. The minimum Gasteiger partial charge on any atom is -0.398 e. The maximum atomic E-state index is 6.79. The maximum Gasteiger partial charge on any atom is 0.164 e. The van der Waals surface area contributed by atoms with Crippen LogP contribution in [0.25, 0.3) is 73.3 Å². The molecule has 0 saturated heterocycles. The first-order valence-electron chi connectivity index (χ1n) is 14.7. The SMILES string of the molecule is C/C=C\c1cccc(-c2c(-c3ccc(-c4nc(-c5ccccc5)nc(-c5ccccc5)n4)cc3)ccc3ccccc23)c1N. The van der Waals surface area contributed by atoms with Crippen molar-refractivity contribution in [2.45, 2.75) is 6.92 Å². The lowest BCUT2D eigenvalue weighted by molar-refractivity contribution is 1.07. The number of para-hydroxylation sites is 1. The van der Waals surface area contributed by atoms with Crippen molar-refractivity contribution in [3.05, 3.63) is 151 Å². The number of hydrogen-bond donors (Lipinski definition) is 1. The van der Waals surface area contributed by atoms with Crippen molar-refractivity contribution in [3.63, 3.8) is 0 Å². The van der Waals surface area contributed by atoms with Crippen LogP contribution in [0.2, 0.25) is 0 Å². The second kappa shape index (κ2) is 11.8. The fourth-order valence-electron chi connectivity index (χ4n) is 5.66. The molecular formula is C40H30N4. The number of hydrogen-bond acceptors (Lipinski definition) is 4. The molecule has 210 valence electrons. The minimum atomic E-state index is 0.631. The molecule has 0 atom stereocenters. The third kappa shape index (κ3) is 5.14. The molecule has 2 N–H and O–H groups in total. The highest BCUT2D eigenvalue weighted by molar-refractivity contribution is 6.07. The zero-order valence-electron chi connectivity index (χ0n) is 24.4. The smallest absolute Gasteiger partial charge is 0.164 e. The van der Waals surface area contributed by atoms with E-state index in [9.17, 15) is 0 Å². The molecule has 0 saturated carbocycles. The number of aromatic nitrogens is 3. The third-order valence-corrected chi connectivity index (χ3v) is 7.84. The fourth-order valence-corrected chi connectivity index (χ4v) is 5.66. The van der Waals surface area contributed by atoms with E-state index in [1.54, 1.807) is 0 Å². The lowest BCUT2D eigenvalue weighted by atomic mass is 9.88. The molecule has 0 aliphatic carbocycles. The van der Waals surface area contributed by atoms with Gasteiger partial charge in [0.1, 0.15) is 0 Å². The van der Waals surface area contributed by atoms with E-state index in [1.807, 2.05) is 73.7 Å². The van der Waals surface area contributed by atoms with Crippen LogP contribution in [0.1, 0.15) is 12.5 Å². The van der Waals surface area contributed by atoms with Gasteiger partial charge in [-0.2, -0.15) is 0 Å². The zero-order chi connectivity index (χ0) is 29.9. The Balaban J connectivity index is 1.36. The summed E-state index contributed by atoms with van der Waals surface area (Å²) < 4.78 is 0. The predicted octanol–water partition coefficient (Wildman–Crippen LogP) is 9.98. The molecule has 1 heterocycles. The molecule has 1 aromatic heterocycles. The van der Waals surface area contributed by atoms with Gasteiger partial charge in [-0.15, -0.1) is 0 Å². The standard InChI is InChI=1S/C40H30N4/c1-2-12-29-18-11-20-35(37(29)41)36-33-19-10-9-13-27(33)25-26-34(36)28-21-23-32(24-22-28)40-43-38(30-14-5-3-6-15-30)42-39(44-40)31-16-7-4-8-17-31/h2-26H,41H2,1H3/b12-2-. The lowest BCUT2D eigenvalue weighted by Crippen LogP contribution is -2.00. The fraction of sp³-hybridized carbons (Fsp3) is 0.0250. The first kappa shape index (κ1) is 27.0. The Morgan fingerprint density at radius 1 is 0.477 bits per heavy atom. The van der Waals surface area contributed by atoms with Crippen LogP contribution < -0.4 is 5.73 Å². The van der Waals surface area contributed by atoms with Crippen molar-refractivity contribution in [1.29, 1.82) is 0 Å². The molecule has 0 aliphatic rings. The summed E-state index contributed by atoms with van der Waals surface area (Å²) in [5, 5.41) is 2.33. The summed E-state index contributed by atoms with van der Waals surface area (Å²) in [4.78, 5) is 14.6. The molecule has 44 heavy (non-hydrogen) atoms.